The average Bonchev–Trinajstić information content (AvgIpc) is 2.98. The molecule has 16 heteroatoms. The Kier molecular flexibility index (Phi) is 9.41. The van der Waals surface area contributed by atoms with Gasteiger partial charge in [0.1, 0.15) is 83.9 Å². The topological polar surface area (TPSA) is 295 Å². The van der Waals surface area contributed by atoms with Gasteiger partial charge in [-0.2, -0.15) is 0 Å². The number of carbonyl (C=O) groups excluding carboxylic acids is 2. The molecule has 12 N–H and O–H groups in total. The molecule has 1 aliphatic carbocycles. The maximum atomic E-state index is 13.9. The first-order chi connectivity index (χ1) is 20.2. The first kappa shape index (κ1) is 32.6. The third-order valence-electron chi connectivity index (χ3n) is 7.72. The molecule has 0 saturated carbocycles. The van der Waals surface area contributed by atoms with Crippen LogP contribution >= 0.6 is 0 Å². The van der Waals surface area contributed by atoms with E-state index in [-0.39, 0.29) is 5.75 Å². The second-order valence-electron chi connectivity index (χ2n) is 10.4. The summed E-state index contributed by atoms with van der Waals surface area (Å²) >= 11 is 0. The minimum atomic E-state index is -3.63. The molecule has 0 aromatic heterocycles. The molecule has 1 aromatic carbocycles. The second-order valence-corrected chi connectivity index (χ2v) is 10.4. The zero-order valence-corrected chi connectivity index (χ0v) is 22.2. The van der Waals surface area contributed by atoms with Crippen LogP contribution in [-0.4, -0.2) is 153 Å². The van der Waals surface area contributed by atoms with Crippen LogP contribution in [0.1, 0.15) is 5.56 Å². The van der Waals surface area contributed by atoms with Gasteiger partial charge in [-0.3, -0.25) is 9.59 Å². The lowest BCUT2D eigenvalue weighted by Crippen LogP contribution is -2.72. The van der Waals surface area contributed by atoms with Gasteiger partial charge in [0.15, 0.2) is 0 Å². The molecule has 2 fully saturated rings. The van der Waals surface area contributed by atoms with Gasteiger partial charge in [0, 0.05) is 0 Å². The van der Waals surface area contributed by atoms with Gasteiger partial charge in [0.2, 0.25) is 17.2 Å². The van der Waals surface area contributed by atoms with Crippen LogP contribution in [0.25, 0.3) is 6.08 Å². The van der Waals surface area contributed by atoms with Crippen molar-refractivity contribution in [2.24, 2.45) is 0 Å². The molecule has 16 nitrogen and oxygen atoms in total. The monoisotopic (exact) mass is 612 g/mol. The highest BCUT2D eigenvalue weighted by Gasteiger charge is 2.65. The number of aromatic hydroxyl groups is 1. The second kappa shape index (κ2) is 12.4. The molecule has 0 unspecified atom stereocenters. The minimum Gasteiger partial charge on any atom is -0.508 e. The van der Waals surface area contributed by atoms with Crippen molar-refractivity contribution in [2.45, 2.75) is 66.6 Å². The Morgan fingerprint density at radius 2 is 1.30 bits per heavy atom. The number of carbonyl (C=O) groups is 2. The molecule has 43 heavy (non-hydrogen) atoms. The van der Waals surface area contributed by atoms with Gasteiger partial charge in [-0.1, -0.05) is 18.2 Å². The van der Waals surface area contributed by atoms with Gasteiger partial charge in [0.25, 0.3) is 0 Å². The number of Topliss-reactive ketones (excluding diaryl/α,β-unsaturated/α-hetero) is 2. The van der Waals surface area contributed by atoms with E-state index in [1.165, 1.54) is 30.3 Å². The maximum absolute atomic E-state index is 13.9. The molecule has 4 rings (SSSR count). The van der Waals surface area contributed by atoms with Crippen LogP contribution in [0.5, 0.6) is 5.75 Å². The van der Waals surface area contributed by atoms with Gasteiger partial charge in [-0.15, -0.1) is 0 Å². The predicted molar refractivity (Wildman–Crippen MR) is 139 cm³/mol. The Balaban J connectivity index is 1.92. The zero-order valence-electron chi connectivity index (χ0n) is 22.2. The number of aliphatic hydroxyl groups is 11. The predicted octanol–water partition coefficient (Wildman–Crippen LogP) is -4.40. The summed E-state index contributed by atoms with van der Waals surface area (Å²) in [7, 11) is 0. The molecular formula is C27H32O16. The Hall–Kier alpha value is -3.26. The number of rotatable bonds is 6. The van der Waals surface area contributed by atoms with Gasteiger partial charge >= 0.3 is 0 Å². The van der Waals surface area contributed by atoms with Crippen LogP contribution in [0, 0.1) is 0 Å². The molecule has 0 bridgehead atoms. The van der Waals surface area contributed by atoms with Gasteiger partial charge in [-0.25, -0.2) is 0 Å². The van der Waals surface area contributed by atoms with Crippen molar-refractivity contribution >= 4 is 17.6 Å². The SMILES string of the molecule is O=C1C([C@@H]2O[C@H](CO)[C@@H](O)[C@H](O)[C@H]2O)=C(O)/C(=C(O)/C=C/c2ccc(O)cc2)C(=O)[C@]1(O)[C@@H]1O[C@H](CO)[C@@H](O)[C@H](O)[C@H]1O. The minimum absolute atomic E-state index is 0.0879. The highest BCUT2D eigenvalue weighted by molar-refractivity contribution is 6.28. The van der Waals surface area contributed by atoms with E-state index in [9.17, 15) is 70.9 Å². The summed E-state index contributed by atoms with van der Waals surface area (Å²) in [6.07, 6.45) is -18.7. The van der Waals surface area contributed by atoms with E-state index in [0.717, 1.165) is 6.08 Å². The maximum Gasteiger partial charge on any atom is 0.219 e. The van der Waals surface area contributed by atoms with Crippen LogP contribution in [0.4, 0.5) is 0 Å². The fourth-order valence-corrected chi connectivity index (χ4v) is 5.24. The number of benzene rings is 1. The average molecular weight is 613 g/mol. The quantitative estimate of drug-likeness (QED) is 0.0820. The third-order valence-corrected chi connectivity index (χ3v) is 7.72. The molecule has 2 saturated heterocycles. The molecule has 0 amide bonds. The number of hydrogen-bond donors (Lipinski definition) is 12. The standard InChI is InChI=1S/C27H32O16/c28-7-12-16(32)19(35)21(37)23(42-12)15-18(34)14(11(31)6-3-9-1-4-10(30)5-2-9)24(39)27(41,25(15)40)26-22(38)20(36)17(33)13(8-29)43-26/h1-6,12-13,16-17,19-23,26,28-38,41H,7-8H2/b6-3+,14-11+/t12-,13-,16-,17-,19+,20+,21-,22-,23+,26-,27-/m1/s1. The first-order valence-electron chi connectivity index (χ1n) is 13.0. The van der Waals surface area contributed by atoms with Gasteiger partial charge in [0.05, 0.1) is 18.8 Å². The van der Waals surface area contributed by atoms with Crippen LogP contribution in [-0.2, 0) is 19.1 Å². The summed E-state index contributed by atoms with van der Waals surface area (Å²) in [5, 5.41) is 125. The van der Waals surface area contributed by atoms with E-state index in [1.807, 2.05) is 0 Å². The Labute approximate surface area is 242 Å². The smallest absolute Gasteiger partial charge is 0.219 e. The van der Waals surface area contributed by atoms with Gasteiger partial charge < -0.3 is 70.8 Å². The highest BCUT2D eigenvalue weighted by Crippen LogP contribution is 2.42. The molecule has 236 valence electrons. The van der Waals surface area contributed by atoms with Crippen LogP contribution < -0.4 is 0 Å². The van der Waals surface area contributed by atoms with E-state index in [1.54, 1.807) is 0 Å². The number of phenolic OH excluding ortho intramolecular Hbond substituents is 1. The largest absolute Gasteiger partial charge is 0.508 e. The van der Waals surface area contributed by atoms with Crippen LogP contribution in [0.2, 0.25) is 0 Å². The van der Waals surface area contributed by atoms with E-state index in [4.69, 9.17) is 9.47 Å². The fraction of sp³-hybridized carbons (Fsp3) is 0.481. The van der Waals surface area contributed by atoms with Crippen LogP contribution in [0.3, 0.4) is 0 Å². The lowest BCUT2D eigenvalue weighted by atomic mass is 9.69. The number of hydrogen-bond acceptors (Lipinski definition) is 16. The molecule has 0 radical (unpaired) electrons. The fourth-order valence-electron chi connectivity index (χ4n) is 5.24. The summed E-state index contributed by atoms with van der Waals surface area (Å²) in [5.41, 5.74) is -5.62. The Morgan fingerprint density at radius 1 is 0.767 bits per heavy atom. The molecule has 11 atom stereocenters. The van der Waals surface area contributed by atoms with E-state index in [2.05, 4.69) is 0 Å². The summed E-state index contributed by atoms with van der Waals surface area (Å²) in [6.45, 7) is -1.99. The lowest BCUT2D eigenvalue weighted by molar-refractivity contribution is -0.261. The summed E-state index contributed by atoms with van der Waals surface area (Å²) < 4.78 is 10.6. The molecule has 2 aliphatic heterocycles. The van der Waals surface area contributed by atoms with Crippen molar-refractivity contribution in [1.82, 2.24) is 0 Å². The third kappa shape index (κ3) is 5.47. The van der Waals surface area contributed by atoms with Crippen molar-refractivity contribution in [2.75, 3.05) is 13.2 Å². The van der Waals surface area contributed by atoms with E-state index < -0.39 is 114 Å². The van der Waals surface area contributed by atoms with Crippen molar-refractivity contribution in [3.8, 4) is 5.75 Å². The van der Waals surface area contributed by atoms with Crippen LogP contribution in [0.15, 0.2) is 53.0 Å². The number of ether oxygens (including phenoxy) is 2. The Morgan fingerprint density at radius 3 is 1.86 bits per heavy atom. The van der Waals surface area contributed by atoms with E-state index in [0.29, 0.717) is 5.56 Å². The molecule has 1 aromatic rings. The lowest BCUT2D eigenvalue weighted by Gasteiger charge is -2.48. The van der Waals surface area contributed by atoms with Crippen molar-refractivity contribution in [3.63, 3.8) is 0 Å². The molecule has 0 spiro atoms. The van der Waals surface area contributed by atoms with Gasteiger partial charge in [-0.05, 0) is 23.8 Å². The zero-order chi connectivity index (χ0) is 32.0. The Bertz CT molecular complexity index is 1320. The number of allylic oxidation sites excluding steroid dienone is 2. The number of ketones is 2. The molecule has 3 aliphatic rings. The van der Waals surface area contributed by atoms with Crippen molar-refractivity contribution in [3.05, 3.63) is 58.6 Å². The van der Waals surface area contributed by atoms with Crippen molar-refractivity contribution < 1.29 is 80.3 Å². The molecular weight excluding hydrogens is 580 g/mol. The molecule has 2 heterocycles. The number of aliphatic hydroxyl groups excluding tert-OH is 10. The summed E-state index contributed by atoms with van der Waals surface area (Å²) in [5.74, 6) is -6.12. The normalized spacial score (nSPS) is 40.3. The van der Waals surface area contributed by atoms with E-state index >= 15 is 0 Å². The first-order valence-corrected chi connectivity index (χ1v) is 13.0. The summed E-state index contributed by atoms with van der Waals surface area (Å²) in [4.78, 5) is 27.6. The number of phenols is 1. The summed E-state index contributed by atoms with van der Waals surface area (Å²) in [6, 6.07) is 5.38. The van der Waals surface area contributed by atoms with Crippen molar-refractivity contribution in [1.29, 1.82) is 0 Å². The highest BCUT2D eigenvalue weighted by atomic mass is 16.6.